The molecule has 1 saturated heterocycles. The minimum atomic E-state index is -0.394. The summed E-state index contributed by atoms with van der Waals surface area (Å²) in [4.78, 5) is 34.3. The summed E-state index contributed by atoms with van der Waals surface area (Å²) in [6.45, 7) is 2.49. The summed E-state index contributed by atoms with van der Waals surface area (Å²) in [6, 6.07) is 6.15. The van der Waals surface area contributed by atoms with Crippen LogP contribution in [0.2, 0.25) is 0 Å². The molecule has 0 saturated carbocycles. The van der Waals surface area contributed by atoms with Crippen molar-refractivity contribution >= 4 is 11.8 Å². The van der Waals surface area contributed by atoms with E-state index in [0.29, 0.717) is 11.3 Å². The predicted molar refractivity (Wildman–Crippen MR) is 93.3 cm³/mol. The summed E-state index contributed by atoms with van der Waals surface area (Å²) < 4.78 is 13.6. The second-order valence-corrected chi connectivity index (χ2v) is 6.35. The van der Waals surface area contributed by atoms with Gasteiger partial charge in [0, 0.05) is 13.5 Å². The average molecular weight is 356 g/mol. The summed E-state index contributed by atoms with van der Waals surface area (Å²) >= 11 is 0. The van der Waals surface area contributed by atoms with Gasteiger partial charge in [-0.3, -0.25) is 19.6 Å². The number of halogens is 1. The molecule has 0 aliphatic carbocycles. The van der Waals surface area contributed by atoms with Crippen LogP contribution in [-0.4, -0.2) is 33.2 Å². The van der Waals surface area contributed by atoms with E-state index < -0.39 is 5.82 Å². The van der Waals surface area contributed by atoms with Crippen LogP contribution < -0.4 is 5.32 Å². The standard InChI is InChI=1S/C19H21FN4O2/c1-13(25)24-8-4-7-18(24)17-12-21-10-15(23-17)11-22-19(26)9-14-5-2-3-6-16(14)20/h2-3,5-6,10,12,18H,4,7-9,11H2,1H3,(H,22,26)/t18-/m1/s1. The second kappa shape index (κ2) is 8.03. The fourth-order valence-corrected chi connectivity index (χ4v) is 3.19. The molecule has 0 bridgehead atoms. The summed E-state index contributed by atoms with van der Waals surface area (Å²) in [5, 5.41) is 2.74. The highest BCUT2D eigenvalue weighted by atomic mass is 19.1. The Morgan fingerprint density at radius 1 is 1.31 bits per heavy atom. The van der Waals surface area contributed by atoms with Gasteiger partial charge < -0.3 is 10.2 Å². The third-order valence-corrected chi connectivity index (χ3v) is 4.48. The van der Waals surface area contributed by atoms with Crippen molar-refractivity contribution in [1.29, 1.82) is 0 Å². The fraction of sp³-hybridized carbons (Fsp3) is 0.368. The smallest absolute Gasteiger partial charge is 0.224 e. The topological polar surface area (TPSA) is 75.2 Å². The third kappa shape index (κ3) is 4.22. The van der Waals surface area contributed by atoms with E-state index in [1.165, 1.54) is 6.07 Å². The van der Waals surface area contributed by atoms with Gasteiger partial charge in [-0.15, -0.1) is 0 Å². The highest BCUT2D eigenvalue weighted by Gasteiger charge is 2.29. The van der Waals surface area contributed by atoms with Gasteiger partial charge in [-0.25, -0.2) is 4.39 Å². The molecule has 0 radical (unpaired) electrons. The van der Waals surface area contributed by atoms with E-state index in [-0.39, 0.29) is 30.8 Å². The first-order chi connectivity index (χ1) is 12.5. The molecule has 0 unspecified atom stereocenters. The number of amides is 2. The van der Waals surface area contributed by atoms with Gasteiger partial charge in [0.2, 0.25) is 11.8 Å². The number of likely N-dealkylation sites (tertiary alicyclic amines) is 1. The Morgan fingerprint density at radius 2 is 2.12 bits per heavy atom. The van der Waals surface area contributed by atoms with Gasteiger partial charge in [0.15, 0.2) is 0 Å². The highest BCUT2D eigenvalue weighted by Crippen LogP contribution is 2.30. The van der Waals surface area contributed by atoms with Gasteiger partial charge in [0.05, 0.1) is 42.8 Å². The molecule has 2 heterocycles. The van der Waals surface area contributed by atoms with Crippen LogP contribution in [0.15, 0.2) is 36.7 Å². The maximum absolute atomic E-state index is 13.6. The Balaban J connectivity index is 1.61. The lowest BCUT2D eigenvalue weighted by Crippen LogP contribution is -2.29. The van der Waals surface area contributed by atoms with Crippen molar-refractivity contribution in [3.63, 3.8) is 0 Å². The van der Waals surface area contributed by atoms with E-state index in [0.717, 1.165) is 25.1 Å². The number of carbonyl (C=O) groups is 2. The normalized spacial score (nSPS) is 16.5. The van der Waals surface area contributed by atoms with Crippen molar-refractivity contribution < 1.29 is 14.0 Å². The molecule has 26 heavy (non-hydrogen) atoms. The van der Waals surface area contributed by atoms with Gasteiger partial charge in [-0.05, 0) is 24.5 Å². The molecule has 3 rings (SSSR count). The van der Waals surface area contributed by atoms with Crippen molar-refractivity contribution in [3.8, 4) is 0 Å². The van der Waals surface area contributed by atoms with Gasteiger partial charge in [-0.1, -0.05) is 18.2 Å². The van der Waals surface area contributed by atoms with Crippen molar-refractivity contribution in [2.45, 2.75) is 38.8 Å². The van der Waals surface area contributed by atoms with E-state index in [1.54, 1.807) is 42.4 Å². The summed E-state index contributed by atoms with van der Waals surface area (Å²) in [5.74, 6) is -0.651. The number of benzene rings is 1. The first kappa shape index (κ1) is 18.0. The number of aromatic nitrogens is 2. The number of rotatable bonds is 5. The molecule has 1 aromatic carbocycles. The van der Waals surface area contributed by atoms with Gasteiger partial charge in [0.25, 0.3) is 0 Å². The molecule has 1 fully saturated rings. The first-order valence-electron chi connectivity index (χ1n) is 8.62. The lowest BCUT2D eigenvalue weighted by atomic mass is 10.1. The van der Waals surface area contributed by atoms with E-state index >= 15 is 0 Å². The lowest BCUT2D eigenvalue weighted by molar-refractivity contribution is -0.129. The third-order valence-electron chi connectivity index (χ3n) is 4.48. The Kier molecular flexibility index (Phi) is 5.55. The zero-order chi connectivity index (χ0) is 18.5. The second-order valence-electron chi connectivity index (χ2n) is 6.35. The van der Waals surface area contributed by atoms with Crippen LogP contribution in [0, 0.1) is 5.82 Å². The largest absolute Gasteiger partial charge is 0.350 e. The molecular formula is C19H21FN4O2. The maximum Gasteiger partial charge on any atom is 0.224 e. The van der Waals surface area contributed by atoms with Crippen LogP contribution in [0.4, 0.5) is 4.39 Å². The zero-order valence-electron chi connectivity index (χ0n) is 14.6. The quantitative estimate of drug-likeness (QED) is 0.891. The average Bonchev–Trinajstić information content (AvgIpc) is 3.12. The van der Waals surface area contributed by atoms with Gasteiger partial charge in [0.1, 0.15) is 5.82 Å². The van der Waals surface area contributed by atoms with Gasteiger partial charge >= 0.3 is 0 Å². The summed E-state index contributed by atoms with van der Waals surface area (Å²) in [5.41, 5.74) is 1.70. The highest BCUT2D eigenvalue weighted by molar-refractivity contribution is 5.78. The molecule has 1 aromatic heterocycles. The Bertz CT molecular complexity index is 812. The minimum Gasteiger partial charge on any atom is -0.350 e. The van der Waals surface area contributed by atoms with Crippen LogP contribution in [0.5, 0.6) is 0 Å². The Hall–Kier alpha value is -2.83. The molecule has 1 atom stereocenters. The van der Waals surface area contributed by atoms with E-state index in [9.17, 15) is 14.0 Å². The first-order valence-corrected chi connectivity index (χ1v) is 8.62. The number of hydrogen-bond acceptors (Lipinski definition) is 4. The molecular weight excluding hydrogens is 335 g/mol. The monoisotopic (exact) mass is 356 g/mol. The number of nitrogens with zero attached hydrogens (tertiary/aromatic N) is 3. The minimum absolute atomic E-state index is 0.0258. The van der Waals surface area contributed by atoms with E-state index in [1.807, 2.05) is 0 Å². The van der Waals surface area contributed by atoms with Crippen molar-refractivity contribution in [3.05, 3.63) is 59.4 Å². The predicted octanol–water partition coefficient (Wildman–Crippen LogP) is 2.16. The zero-order valence-corrected chi connectivity index (χ0v) is 14.6. The van der Waals surface area contributed by atoms with Crippen molar-refractivity contribution in [1.82, 2.24) is 20.2 Å². The van der Waals surface area contributed by atoms with E-state index in [2.05, 4.69) is 15.3 Å². The molecule has 2 aromatic rings. The number of nitrogens with one attached hydrogen (secondary N) is 1. The number of carbonyl (C=O) groups excluding carboxylic acids is 2. The maximum atomic E-state index is 13.6. The molecule has 0 spiro atoms. The Labute approximate surface area is 151 Å². The SMILES string of the molecule is CC(=O)N1CCC[C@@H]1c1cncc(CNC(=O)Cc2ccccc2F)n1. The van der Waals surface area contributed by atoms with Gasteiger partial charge in [-0.2, -0.15) is 0 Å². The molecule has 7 heteroatoms. The molecule has 2 amide bonds. The van der Waals surface area contributed by atoms with Crippen molar-refractivity contribution in [2.75, 3.05) is 6.54 Å². The summed E-state index contributed by atoms with van der Waals surface area (Å²) in [6.07, 6.45) is 5.02. The number of hydrogen-bond donors (Lipinski definition) is 1. The lowest BCUT2D eigenvalue weighted by Gasteiger charge is -2.22. The van der Waals surface area contributed by atoms with E-state index in [4.69, 9.17) is 0 Å². The molecule has 136 valence electrons. The van der Waals surface area contributed by atoms with Crippen LogP contribution in [-0.2, 0) is 22.6 Å². The van der Waals surface area contributed by atoms with Crippen LogP contribution in [0.3, 0.4) is 0 Å². The van der Waals surface area contributed by atoms with Crippen LogP contribution >= 0.6 is 0 Å². The Morgan fingerprint density at radius 3 is 2.88 bits per heavy atom. The van der Waals surface area contributed by atoms with Crippen LogP contribution in [0.1, 0.15) is 42.8 Å². The molecule has 1 aliphatic heterocycles. The molecule has 6 nitrogen and oxygen atoms in total. The van der Waals surface area contributed by atoms with Crippen molar-refractivity contribution in [2.24, 2.45) is 0 Å². The fourth-order valence-electron chi connectivity index (χ4n) is 3.19. The van der Waals surface area contributed by atoms with Crippen LogP contribution in [0.25, 0.3) is 0 Å². The molecule has 1 aliphatic rings. The summed E-state index contributed by atoms with van der Waals surface area (Å²) in [7, 11) is 0. The molecule has 1 N–H and O–H groups in total.